The zero-order valence-electron chi connectivity index (χ0n) is 12.7. The lowest BCUT2D eigenvalue weighted by Gasteiger charge is -1.98. The van der Waals surface area contributed by atoms with Crippen molar-refractivity contribution >= 4 is 0 Å². The van der Waals surface area contributed by atoms with Crippen LogP contribution in [-0.2, 0) is 0 Å². The summed E-state index contributed by atoms with van der Waals surface area (Å²) >= 11 is 0. The molecule has 0 aliphatic heterocycles. The molecule has 0 aromatic heterocycles. The van der Waals surface area contributed by atoms with E-state index in [0.717, 1.165) is 25.7 Å². The quantitative estimate of drug-likeness (QED) is 0.340. The molecule has 110 valence electrons. The molecule has 0 spiro atoms. The Labute approximate surface area is 120 Å². The lowest BCUT2D eigenvalue weighted by atomic mass is 10.1. The van der Waals surface area contributed by atoms with E-state index in [0.29, 0.717) is 6.61 Å². The van der Waals surface area contributed by atoms with Gasteiger partial charge in [0.2, 0.25) is 0 Å². The van der Waals surface area contributed by atoms with Crippen molar-refractivity contribution in [3.8, 4) is 0 Å². The predicted molar refractivity (Wildman–Crippen MR) is 86.3 cm³/mol. The van der Waals surface area contributed by atoms with E-state index in [1.807, 2.05) is 0 Å². The summed E-state index contributed by atoms with van der Waals surface area (Å²) in [5, 5.41) is 8.65. The molecular weight excluding hydrogens is 232 g/mol. The Morgan fingerprint density at radius 1 is 0.632 bits per heavy atom. The molecule has 0 amide bonds. The first kappa shape index (κ1) is 18.2. The highest BCUT2D eigenvalue weighted by molar-refractivity contribution is 4.96. The number of aliphatic hydroxyl groups excluding tert-OH is 1. The van der Waals surface area contributed by atoms with Crippen LogP contribution in [0, 0.1) is 0 Å². The lowest BCUT2D eigenvalue weighted by molar-refractivity contribution is 0.282. The Kier molecular flexibility index (Phi) is 16.4. The average molecular weight is 264 g/mol. The first-order valence-electron chi connectivity index (χ1n) is 7.97. The molecule has 1 heteroatoms. The molecule has 0 saturated carbocycles. The number of aliphatic hydroxyl groups is 1. The van der Waals surface area contributed by atoms with Gasteiger partial charge in [0.05, 0.1) is 0 Å². The third-order valence-corrected chi connectivity index (χ3v) is 3.06. The van der Waals surface area contributed by atoms with Gasteiger partial charge in [0.1, 0.15) is 0 Å². The molecule has 0 aliphatic rings. The molecule has 1 nitrogen and oxygen atoms in total. The van der Waals surface area contributed by atoms with E-state index < -0.39 is 0 Å². The van der Waals surface area contributed by atoms with Crippen LogP contribution in [0.2, 0.25) is 0 Å². The molecule has 1 N–H and O–H groups in total. The van der Waals surface area contributed by atoms with Crippen LogP contribution in [0.5, 0.6) is 0 Å². The van der Waals surface area contributed by atoms with Gasteiger partial charge in [-0.3, -0.25) is 0 Å². The van der Waals surface area contributed by atoms with Crippen molar-refractivity contribution in [2.24, 2.45) is 0 Å². The maximum absolute atomic E-state index is 8.65. The molecule has 0 heterocycles. The highest BCUT2D eigenvalue weighted by Gasteiger charge is 1.89. The number of allylic oxidation sites excluding steroid dienone is 6. The van der Waals surface area contributed by atoms with Crippen molar-refractivity contribution in [3.63, 3.8) is 0 Å². The SMILES string of the molecule is CCC=CCC=CCC=CCCCCCCCCO. The highest BCUT2D eigenvalue weighted by atomic mass is 16.2. The summed E-state index contributed by atoms with van der Waals surface area (Å²) in [5.41, 5.74) is 0. The summed E-state index contributed by atoms with van der Waals surface area (Å²) in [6, 6.07) is 0. The first-order valence-corrected chi connectivity index (χ1v) is 7.97. The largest absolute Gasteiger partial charge is 0.396 e. The standard InChI is InChI=1S/C18H32O/c1-2-3-4-5-6-7-8-9-10-11-12-13-14-15-16-17-18-19/h3-4,6-7,9-10,19H,2,5,8,11-18H2,1H3. The number of unbranched alkanes of at least 4 members (excludes halogenated alkanes) is 6. The minimum atomic E-state index is 0.352. The second kappa shape index (κ2) is 17.2. The van der Waals surface area contributed by atoms with Crippen LogP contribution < -0.4 is 0 Å². The summed E-state index contributed by atoms with van der Waals surface area (Å²) in [5.74, 6) is 0. The maximum atomic E-state index is 8.65. The molecular formula is C18H32O. The minimum Gasteiger partial charge on any atom is -0.396 e. The van der Waals surface area contributed by atoms with Gasteiger partial charge in [-0.15, -0.1) is 0 Å². The topological polar surface area (TPSA) is 20.2 Å². The summed E-state index contributed by atoms with van der Waals surface area (Å²) in [6.45, 7) is 2.51. The first-order chi connectivity index (χ1) is 9.41. The Morgan fingerprint density at radius 2 is 1.16 bits per heavy atom. The molecule has 19 heavy (non-hydrogen) atoms. The van der Waals surface area contributed by atoms with Gasteiger partial charge in [0.25, 0.3) is 0 Å². The molecule has 0 bridgehead atoms. The van der Waals surface area contributed by atoms with Gasteiger partial charge in [-0.05, 0) is 38.5 Å². The van der Waals surface area contributed by atoms with Crippen LogP contribution in [0.25, 0.3) is 0 Å². The van der Waals surface area contributed by atoms with E-state index in [1.54, 1.807) is 0 Å². The average Bonchev–Trinajstić information content (AvgIpc) is 2.43. The molecule has 0 aromatic carbocycles. The van der Waals surface area contributed by atoms with Crippen LogP contribution in [0.1, 0.15) is 71.1 Å². The maximum Gasteiger partial charge on any atom is 0.0431 e. The third-order valence-electron chi connectivity index (χ3n) is 3.06. The van der Waals surface area contributed by atoms with Crippen LogP contribution in [0.3, 0.4) is 0 Å². The van der Waals surface area contributed by atoms with Gasteiger partial charge in [-0.2, -0.15) is 0 Å². The molecule has 0 aromatic rings. The summed E-state index contributed by atoms with van der Waals surface area (Å²) in [6.07, 6.45) is 25.3. The fourth-order valence-corrected chi connectivity index (χ4v) is 1.91. The lowest BCUT2D eigenvalue weighted by Crippen LogP contribution is -1.83. The van der Waals surface area contributed by atoms with Gasteiger partial charge >= 0.3 is 0 Å². The van der Waals surface area contributed by atoms with Crippen molar-refractivity contribution in [2.45, 2.75) is 71.1 Å². The molecule has 0 aliphatic carbocycles. The van der Waals surface area contributed by atoms with E-state index >= 15 is 0 Å². The zero-order valence-corrected chi connectivity index (χ0v) is 12.7. The van der Waals surface area contributed by atoms with Gasteiger partial charge < -0.3 is 5.11 Å². The summed E-state index contributed by atoms with van der Waals surface area (Å²) < 4.78 is 0. The zero-order chi connectivity index (χ0) is 14.0. The fourth-order valence-electron chi connectivity index (χ4n) is 1.91. The normalized spacial score (nSPS) is 12.3. The van der Waals surface area contributed by atoms with Gasteiger partial charge in [-0.25, -0.2) is 0 Å². The van der Waals surface area contributed by atoms with Crippen molar-refractivity contribution in [1.82, 2.24) is 0 Å². The van der Waals surface area contributed by atoms with E-state index in [-0.39, 0.29) is 0 Å². The van der Waals surface area contributed by atoms with Crippen molar-refractivity contribution in [2.75, 3.05) is 6.61 Å². The number of hydrogen-bond acceptors (Lipinski definition) is 1. The molecule has 0 fully saturated rings. The Morgan fingerprint density at radius 3 is 1.79 bits per heavy atom. The number of rotatable bonds is 13. The van der Waals surface area contributed by atoms with E-state index in [1.165, 1.54) is 38.5 Å². The third kappa shape index (κ3) is 17.2. The molecule has 0 radical (unpaired) electrons. The Hall–Kier alpha value is -0.820. The van der Waals surface area contributed by atoms with E-state index in [4.69, 9.17) is 5.11 Å². The second-order valence-corrected chi connectivity index (χ2v) is 4.93. The van der Waals surface area contributed by atoms with Crippen LogP contribution in [0.4, 0.5) is 0 Å². The Bertz CT molecular complexity index is 238. The van der Waals surface area contributed by atoms with E-state index in [2.05, 4.69) is 43.4 Å². The summed E-state index contributed by atoms with van der Waals surface area (Å²) in [4.78, 5) is 0. The smallest absolute Gasteiger partial charge is 0.0431 e. The minimum absolute atomic E-state index is 0.352. The molecule has 0 unspecified atom stereocenters. The van der Waals surface area contributed by atoms with E-state index in [9.17, 15) is 0 Å². The van der Waals surface area contributed by atoms with Gasteiger partial charge in [0, 0.05) is 6.61 Å². The highest BCUT2D eigenvalue weighted by Crippen LogP contribution is 2.07. The molecule has 0 rings (SSSR count). The predicted octanol–water partition coefficient (Wildman–Crippen LogP) is 5.57. The van der Waals surface area contributed by atoms with Crippen LogP contribution >= 0.6 is 0 Å². The van der Waals surface area contributed by atoms with Crippen molar-refractivity contribution in [1.29, 1.82) is 0 Å². The van der Waals surface area contributed by atoms with Crippen LogP contribution in [-0.4, -0.2) is 11.7 Å². The number of hydrogen-bond donors (Lipinski definition) is 1. The monoisotopic (exact) mass is 264 g/mol. The molecule has 0 atom stereocenters. The van der Waals surface area contributed by atoms with Crippen LogP contribution in [0.15, 0.2) is 36.5 Å². The Balaban J connectivity index is 3.19. The second-order valence-electron chi connectivity index (χ2n) is 4.93. The molecule has 0 saturated heterocycles. The van der Waals surface area contributed by atoms with Crippen molar-refractivity contribution < 1.29 is 5.11 Å². The summed E-state index contributed by atoms with van der Waals surface area (Å²) in [7, 11) is 0. The fraction of sp³-hybridized carbons (Fsp3) is 0.667. The van der Waals surface area contributed by atoms with Crippen molar-refractivity contribution in [3.05, 3.63) is 36.5 Å². The van der Waals surface area contributed by atoms with Gasteiger partial charge in [-0.1, -0.05) is 69.1 Å². The van der Waals surface area contributed by atoms with Gasteiger partial charge in [0.15, 0.2) is 0 Å².